The van der Waals surface area contributed by atoms with E-state index < -0.39 is 5.60 Å². The molecule has 4 atom stereocenters. The van der Waals surface area contributed by atoms with Crippen LogP contribution >= 0.6 is 11.6 Å². The summed E-state index contributed by atoms with van der Waals surface area (Å²) >= 11 is 5.67. The first-order chi connectivity index (χ1) is 6.63. The Bertz CT molecular complexity index is 310. The summed E-state index contributed by atoms with van der Waals surface area (Å²) in [6, 6.07) is 0. The molecule has 0 unspecified atom stereocenters. The van der Waals surface area contributed by atoms with E-state index in [9.17, 15) is 9.90 Å². The molecule has 0 amide bonds. The Balaban J connectivity index is 2.38. The summed E-state index contributed by atoms with van der Waals surface area (Å²) in [5, 5.41) is 10.1. The van der Waals surface area contributed by atoms with Crippen molar-refractivity contribution in [3.63, 3.8) is 0 Å². The molecule has 0 aliphatic heterocycles. The van der Waals surface area contributed by atoms with Crippen molar-refractivity contribution in [1.82, 2.24) is 0 Å². The number of carbonyl (C=O) groups is 1. The van der Waals surface area contributed by atoms with E-state index >= 15 is 0 Å². The highest BCUT2D eigenvalue weighted by molar-refractivity contribution is 6.21. The summed E-state index contributed by atoms with van der Waals surface area (Å²) < 4.78 is 0. The van der Waals surface area contributed by atoms with Gasteiger partial charge in [-0.15, -0.1) is 18.2 Å². The van der Waals surface area contributed by atoms with Gasteiger partial charge in [0, 0.05) is 11.8 Å². The van der Waals surface area contributed by atoms with Crippen LogP contribution < -0.4 is 0 Å². The second kappa shape index (κ2) is 3.21. The average molecular weight is 213 g/mol. The van der Waals surface area contributed by atoms with E-state index in [1.165, 1.54) is 0 Å². The normalized spacial score (nSPS) is 45.6. The topological polar surface area (TPSA) is 37.3 Å². The lowest BCUT2D eigenvalue weighted by molar-refractivity contribution is -0.149. The molecule has 0 aromatic heterocycles. The molecule has 0 radical (unpaired) electrons. The van der Waals surface area contributed by atoms with Crippen LogP contribution in [0.5, 0.6) is 0 Å². The van der Waals surface area contributed by atoms with Crippen LogP contribution in [-0.2, 0) is 4.79 Å². The van der Waals surface area contributed by atoms with Gasteiger partial charge in [-0.25, -0.2) is 0 Å². The molecule has 0 heterocycles. The second-order valence-electron chi connectivity index (χ2n) is 4.07. The van der Waals surface area contributed by atoms with Crippen LogP contribution in [0.3, 0.4) is 0 Å². The van der Waals surface area contributed by atoms with E-state index in [0.29, 0.717) is 0 Å². The van der Waals surface area contributed by atoms with Gasteiger partial charge in [0.1, 0.15) is 5.60 Å². The summed E-state index contributed by atoms with van der Waals surface area (Å²) in [7, 11) is 0. The molecule has 3 rings (SSSR count). The zero-order chi connectivity index (χ0) is 10.3. The molecule has 14 heavy (non-hydrogen) atoms. The smallest absolute Gasteiger partial charge is 0.173 e. The SMILES string of the molecule is C=C[C@H]1C[C@H]2C=C[C@H]1C(=O)[C@]2(O)CCl. The summed E-state index contributed by atoms with van der Waals surface area (Å²) in [6.07, 6.45) is 6.37. The third kappa shape index (κ3) is 1.11. The maximum Gasteiger partial charge on any atom is 0.173 e. The Labute approximate surface area is 88.3 Å². The minimum atomic E-state index is -1.33. The van der Waals surface area contributed by atoms with Gasteiger partial charge in [-0.05, 0) is 12.3 Å². The van der Waals surface area contributed by atoms with Gasteiger partial charge in [-0.2, -0.15) is 0 Å². The number of Topliss-reactive ketones (excluding diaryl/α,β-unsaturated/α-hetero) is 1. The number of fused-ring (bicyclic) bond motifs is 2. The number of aliphatic hydroxyl groups is 1. The minimum absolute atomic E-state index is 0.0127. The van der Waals surface area contributed by atoms with Crippen LogP contribution in [0.15, 0.2) is 24.8 Å². The predicted octanol–water partition coefficient (Wildman–Crippen LogP) is 1.53. The van der Waals surface area contributed by atoms with Gasteiger partial charge < -0.3 is 5.11 Å². The van der Waals surface area contributed by atoms with Crippen LogP contribution in [0, 0.1) is 17.8 Å². The zero-order valence-corrected chi connectivity index (χ0v) is 8.57. The van der Waals surface area contributed by atoms with Crippen LogP contribution in [0.2, 0.25) is 0 Å². The second-order valence-corrected chi connectivity index (χ2v) is 4.34. The van der Waals surface area contributed by atoms with Gasteiger partial charge >= 0.3 is 0 Å². The van der Waals surface area contributed by atoms with E-state index in [4.69, 9.17) is 11.6 Å². The molecule has 2 nitrogen and oxygen atoms in total. The average Bonchev–Trinajstić information content (AvgIpc) is 2.24. The largest absolute Gasteiger partial charge is 0.380 e. The molecule has 1 fully saturated rings. The number of hydrogen-bond acceptors (Lipinski definition) is 2. The third-order valence-corrected chi connectivity index (χ3v) is 3.79. The molecule has 1 N–H and O–H groups in total. The van der Waals surface area contributed by atoms with Crippen LogP contribution in [-0.4, -0.2) is 22.4 Å². The quantitative estimate of drug-likeness (QED) is 0.557. The molecule has 76 valence electrons. The van der Waals surface area contributed by atoms with E-state index in [1.807, 2.05) is 12.2 Å². The fourth-order valence-electron chi connectivity index (χ4n) is 2.43. The standard InChI is InChI=1S/C11H13ClO2/c1-2-7-5-8-3-4-9(7)10(13)11(8,14)6-12/h2-4,7-9,14H,1,5-6H2/t7-,8+,9+,11-/m0/s1. The first-order valence-electron chi connectivity index (χ1n) is 4.77. The number of hydrogen-bond donors (Lipinski definition) is 1. The summed E-state index contributed by atoms with van der Waals surface area (Å²) in [6.45, 7) is 3.71. The van der Waals surface area contributed by atoms with Crippen LogP contribution in [0.4, 0.5) is 0 Å². The van der Waals surface area contributed by atoms with Crippen molar-refractivity contribution in [2.75, 3.05) is 5.88 Å². The molecule has 0 aromatic rings. The first-order valence-corrected chi connectivity index (χ1v) is 5.30. The Morgan fingerprint density at radius 3 is 2.93 bits per heavy atom. The van der Waals surface area contributed by atoms with E-state index in [0.717, 1.165) is 6.42 Å². The molecule has 3 aliphatic rings. The number of allylic oxidation sites excluding steroid dienone is 2. The fraction of sp³-hybridized carbons (Fsp3) is 0.545. The van der Waals surface area contributed by atoms with Gasteiger partial charge in [-0.1, -0.05) is 18.2 Å². The highest BCUT2D eigenvalue weighted by Crippen LogP contribution is 2.44. The van der Waals surface area contributed by atoms with Gasteiger partial charge in [0.2, 0.25) is 0 Å². The van der Waals surface area contributed by atoms with Crippen LogP contribution in [0.1, 0.15) is 6.42 Å². The summed E-state index contributed by atoms with van der Waals surface area (Å²) in [5.41, 5.74) is -1.33. The molecule has 3 aliphatic carbocycles. The number of halogens is 1. The van der Waals surface area contributed by atoms with Gasteiger partial charge in [0.15, 0.2) is 5.78 Å². The number of rotatable bonds is 2. The third-order valence-electron chi connectivity index (χ3n) is 3.39. The van der Waals surface area contributed by atoms with Crippen molar-refractivity contribution >= 4 is 17.4 Å². The molecular weight excluding hydrogens is 200 g/mol. The lowest BCUT2D eigenvalue weighted by atomic mass is 9.61. The van der Waals surface area contributed by atoms with Crippen molar-refractivity contribution in [1.29, 1.82) is 0 Å². The molecule has 2 bridgehead atoms. The lowest BCUT2D eigenvalue weighted by Crippen LogP contribution is -2.57. The molecule has 3 heteroatoms. The minimum Gasteiger partial charge on any atom is -0.380 e. The Morgan fingerprint density at radius 1 is 1.71 bits per heavy atom. The summed E-state index contributed by atoms with van der Waals surface area (Å²) in [4.78, 5) is 11.9. The number of ketones is 1. The highest BCUT2D eigenvalue weighted by atomic mass is 35.5. The summed E-state index contributed by atoms with van der Waals surface area (Å²) in [5.74, 6) is -0.347. The van der Waals surface area contributed by atoms with E-state index in [1.54, 1.807) is 6.08 Å². The van der Waals surface area contributed by atoms with Gasteiger partial charge in [-0.3, -0.25) is 4.79 Å². The maximum atomic E-state index is 11.9. The molecule has 0 aromatic carbocycles. The highest BCUT2D eigenvalue weighted by Gasteiger charge is 2.53. The lowest BCUT2D eigenvalue weighted by Gasteiger charge is -2.45. The fourth-order valence-corrected chi connectivity index (χ4v) is 2.76. The van der Waals surface area contributed by atoms with Crippen molar-refractivity contribution in [2.45, 2.75) is 12.0 Å². The monoisotopic (exact) mass is 212 g/mol. The van der Waals surface area contributed by atoms with Crippen molar-refractivity contribution in [3.05, 3.63) is 24.8 Å². The van der Waals surface area contributed by atoms with Crippen molar-refractivity contribution in [2.24, 2.45) is 17.8 Å². The molecular formula is C11H13ClO2. The van der Waals surface area contributed by atoms with E-state index in [2.05, 4.69) is 6.58 Å². The van der Waals surface area contributed by atoms with Crippen molar-refractivity contribution < 1.29 is 9.90 Å². The van der Waals surface area contributed by atoms with E-state index in [-0.39, 0.29) is 29.4 Å². The Morgan fingerprint density at radius 2 is 2.43 bits per heavy atom. The molecule has 1 saturated carbocycles. The Hall–Kier alpha value is -0.600. The number of carbonyl (C=O) groups excluding carboxylic acids is 1. The first kappa shape index (κ1) is 9.94. The predicted molar refractivity (Wildman–Crippen MR) is 55.1 cm³/mol. The molecule has 0 spiro atoms. The van der Waals surface area contributed by atoms with Crippen LogP contribution in [0.25, 0.3) is 0 Å². The number of alkyl halides is 1. The van der Waals surface area contributed by atoms with Gasteiger partial charge in [0.25, 0.3) is 0 Å². The Kier molecular flexibility index (Phi) is 2.28. The van der Waals surface area contributed by atoms with Crippen molar-refractivity contribution in [3.8, 4) is 0 Å². The zero-order valence-electron chi connectivity index (χ0n) is 7.82. The van der Waals surface area contributed by atoms with Gasteiger partial charge in [0.05, 0.1) is 5.88 Å². The maximum absolute atomic E-state index is 11.9. The molecule has 0 saturated heterocycles.